The molecule has 0 aromatic carbocycles. The number of hydrogen-bond donors (Lipinski definition) is 1. The number of aliphatic hydroxyl groups is 1. The lowest BCUT2D eigenvalue weighted by Gasteiger charge is -2.33. The molecule has 0 radical (unpaired) electrons. The zero-order chi connectivity index (χ0) is 18.3. The van der Waals surface area contributed by atoms with Crippen molar-refractivity contribution in [2.24, 2.45) is 0 Å². The topological polar surface area (TPSA) is 81.1 Å². The molecule has 0 saturated carbocycles. The van der Waals surface area contributed by atoms with Gasteiger partial charge in [0.05, 0.1) is 31.2 Å². The number of carbonyl (C=O) groups is 1. The Balaban J connectivity index is 1.61. The van der Waals surface area contributed by atoms with Crippen molar-refractivity contribution in [3.05, 3.63) is 24.0 Å². The molecule has 0 bridgehead atoms. The number of hydrogen-bond acceptors (Lipinski definition) is 6. The number of likely N-dealkylation sites (tertiary alicyclic amines) is 1. The van der Waals surface area contributed by atoms with Crippen molar-refractivity contribution in [1.82, 2.24) is 9.88 Å². The fraction of sp³-hybridized carbons (Fsp3) is 0.667. The first-order valence-electron chi connectivity index (χ1n) is 8.65. The van der Waals surface area contributed by atoms with Gasteiger partial charge in [0.15, 0.2) is 0 Å². The Bertz CT molecular complexity index is 533. The number of nitrogens with zero attached hydrogens (tertiary/aromatic N) is 2. The van der Waals surface area contributed by atoms with Crippen molar-refractivity contribution in [3.8, 4) is 5.75 Å². The summed E-state index contributed by atoms with van der Waals surface area (Å²) in [6, 6.07) is 3.50. The first kappa shape index (κ1) is 19.5. The summed E-state index contributed by atoms with van der Waals surface area (Å²) in [5.41, 5.74) is 0.145. The van der Waals surface area contributed by atoms with Crippen molar-refractivity contribution < 1.29 is 24.1 Å². The molecule has 7 heteroatoms. The first-order chi connectivity index (χ1) is 11.9. The van der Waals surface area contributed by atoms with E-state index in [-0.39, 0.29) is 18.8 Å². The van der Waals surface area contributed by atoms with E-state index < -0.39 is 5.60 Å². The fourth-order valence-corrected chi connectivity index (χ4v) is 2.50. The molecule has 0 aliphatic carbocycles. The van der Waals surface area contributed by atoms with Gasteiger partial charge in [0.2, 0.25) is 0 Å². The summed E-state index contributed by atoms with van der Waals surface area (Å²) in [4.78, 5) is 17.8. The van der Waals surface area contributed by atoms with Crippen molar-refractivity contribution in [3.63, 3.8) is 0 Å². The van der Waals surface area contributed by atoms with Gasteiger partial charge in [-0.2, -0.15) is 0 Å². The molecule has 1 aromatic rings. The van der Waals surface area contributed by atoms with Gasteiger partial charge >= 0.3 is 6.09 Å². The minimum Gasteiger partial charge on any atom is -0.490 e. The van der Waals surface area contributed by atoms with Crippen LogP contribution in [0.15, 0.2) is 18.3 Å². The number of aromatic nitrogens is 1. The summed E-state index contributed by atoms with van der Waals surface area (Å²) in [7, 11) is 0. The minimum absolute atomic E-state index is 0.0780. The van der Waals surface area contributed by atoms with Crippen LogP contribution in [0.1, 0.15) is 39.3 Å². The van der Waals surface area contributed by atoms with Crippen LogP contribution in [0, 0.1) is 0 Å². The molecule has 0 atom stereocenters. The van der Waals surface area contributed by atoms with Crippen LogP contribution in [-0.4, -0.2) is 59.1 Å². The predicted molar refractivity (Wildman–Crippen MR) is 92.4 cm³/mol. The van der Waals surface area contributed by atoms with Crippen LogP contribution in [0.3, 0.4) is 0 Å². The molecule has 7 nitrogen and oxygen atoms in total. The van der Waals surface area contributed by atoms with Crippen molar-refractivity contribution in [2.75, 3.05) is 26.3 Å². The molecule has 1 saturated heterocycles. The van der Waals surface area contributed by atoms with E-state index >= 15 is 0 Å². The number of carbonyl (C=O) groups excluding carboxylic acids is 1. The van der Waals surface area contributed by atoms with Gasteiger partial charge in [0, 0.05) is 13.1 Å². The second-order valence-corrected chi connectivity index (χ2v) is 7.03. The normalized spacial score (nSPS) is 15.9. The Morgan fingerprint density at radius 3 is 2.56 bits per heavy atom. The number of rotatable bonds is 6. The van der Waals surface area contributed by atoms with Gasteiger partial charge in [-0.15, -0.1) is 0 Å². The number of amides is 1. The van der Waals surface area contributed by atoms with E-state index in [4.69, 9.17) is 19.3 Å². The Kier molecular flexibility index (Phi) is 7.01. The molecular formula is C18H28N2O5. The lowest BCUT2D eigenvalue weighted by molar-refractivity contribution is -0.0177. The average molecular weight is 352 g/mol. The molecule has 2 heterocycles. The van der Waals surface area contributed by atoms with E-state index in [0.29, 0.717) is 37.7 Å². The lowest BCUT2D eigenvalue weighted by atomic mass is 10.1. The van der Waals surface area contributed by atoms with Gasteiger partial charge in [-0.1, -0.05) is 0 Å². The largest absolute Gasteiger partial charge is 0.490 e. The quantitative estimate of drug-likeness (QED) is 0.792. The molecule has 1 aliphatic rings. The van der Waals surface area contributed by atoms with Crippen molar-refractivity contribution in [1.29, 1.82) is 0 Å². The average Bonchev–Trinajstić information content (AvgIpc) is 2.58. The smallest absolute Gasteiger partial charge is 0.410 e. The van der Waals surface area contributed by atoms with E-state index in [1.807, 2.05) is 20.8 Å². The number of pyridine rings is 1. The third-order valence-corrected chi connectivity index (χ3v) is 3.76. The molecule has 1 N–H and O–H groups in total. The molecule has 1 fully saturated rings. The Labute approximate surface area is 148 Å². The monoisotopic (exact) mass is 352 g/mol. The van der Waals surface area contributed by atoms with Crippen LogP contribution in [-0.2, 0) is 16.1 Å². The van der Waals surface area contributed by atoms with Gasteiger partial charge in [-0.3, -0.25) is 4.98 Å². The van der Waals surface area contributed by atoms with Gasteiger partial charge in [-0.25, -0.2) is 4.79 Å². The number of piperidine rings is 1. The molecule has 0 spiro atoms. The Hall–Kier alpha value is -1.86. The maximum absolute atomic E-state index is 12.0. The highest BCUT2D eigenvalue weighted by atomic mass is 16.6. The summed E-state index contributed by atoms with van der Waals surface area (Å²) in [5, 5.41) is 8.94. The van der Waals surface area contributed by atoms with E-state index in [2.05, 4.69) is 4.98 Å². The molecule has 25 heavy (non-hydrogen) atoms. The zero-order valence-corrected chi connectivity index (χ0v) is 15.2. The van der Waals surface area contributed by atoms with Crippen molar-refractivity contribution in [2.45, 2.75) is 51.9 Å². The highest BCUT2D eigenvalue weighted by molar-refractivity contribution is 5.68. The second-order valence-electron chi connectivity index (χ2n) is 7.03. The number of ether oxygens (including phenoxy) is 3. The molecule has 1 amide bonds. The SMILES string of the molecule is CC(C)(C)OC(=O)N1CCC(OCCOc2ccc(CO)nc2)CC1. The minimum atomic E-state index is -0.466. The maximum Gasteiger partial charge on any atom is 0.410 e. The highest BCUT2D eigenvalue weighted by Gasteiger charge is 2.27. The van der Waals surface area contributed by atoms with Crippen LogP contribution >= 0.6 is 0 Å². The Morgan fingerprint density at radius 1 is 1.28 bits per heavy atom. The standard InChI is InChI=1S/C18H28N2O5/c1-18(2,3)25-17(22)20-8-6-15(7-9-20)23-10-11-24-16-5-4-14(13-21)19-12-16/h4-5,12,15,21H,6-11,13H2,1-3H3. The maximum atomic E-state index is 12.0. The van der Waals surface area contributed by atoms with E-state index in [1.54, 1.807) is 23.2 Å². The van der Waals surface area contributed by atoms with E-state index in [1.165, 1.54) is 0 Å². The molecule has 2 rings (SSSR count). The third kappa shape index (κ3) is 6.88. The second kappa shape index (κ2) is 9.01. The molecule has 0 unspecified atom stereocenters. The van der Waals surface area contributed by atoms with Gasteiger partial charge in [0.1, 0.15) is 18.0 Å². The van der Waals surface area contributed by atoms with Gasteiger partial charge in [-0.05, 0) is 45.7 Å². The first-order valence-corrected chi connectivity index (χ1v) is 8.65. The Morgan fingerprint density at radius 2 is 2.00 bits per heavy atom. The van der Waals surface area contributed by atoms with E-state index in [9.17, 15) is 4.79 Å². The molecule has 1 aliphatic heterocycles. The third-order valence-electron chi connectivity index (χ3n) is 3.76. The van der Waals surface area contributed by atoms with Crippen LogP contribution in [0.4, 0.5) is 4.79 Å². The highest BCUT2D eigenvalue weighted by Crippen LogP contribution is 2.17. The van der Waals surface area contributed by atoms with E-state index in [0.717, 1.165) is 12.8 Å². The molecule has 1 aromatic heterocycles. The van der Waals surface area contributed by atoms with Crippen LogP contribution in [0.2, 0.25) is 0 Å². The summed E-state index contributed by atoms with van der Waals surface area (Å²) in [6.07, 6.45) is 3.06. The molecular weight excluding hydrogens is 324 g/mol. The number of aliphatic hydroxyl groups excluding tert-OH is 1. The van der Waals surface area contributed by atoms with Gasteiger partial charge < -0.3 is 24.2 Å². The van der Waals surface area contributed by atoms with Gasteiger partial charge in [0.25, 0.3) is 0 Å². The zero-order valence-electron chi connectivity index (χ0n) is 15.2. The fourth-order valence-electron chi connectivity index (χ4n) is 2.50. The summed E-state index contributed by atoms with van der Waals surface area (Å²) >= 11 is 0. The predicted octanol–water partition coefficient (Wildman–Crippen LogP) is 2.37. The van der Waals surface area contributed by atoms with Crippen LogP contribution in [0.5, 0.6) is 5.75 Å². The van der Waals surface area contributed by atoms with Crippen LogP contribution < -0.4 is 4.74 Å². The lowest BCUT2D eigenvalue weighted by Crippen LogP contribution is -2.43. The molecule has 140 valence electrons. The van der Waals surface area contributed by atoms with Crippen LogP contribution in [0.25, 0.3) is 0 Å². The van der Waals surface area contributed by atoms with Crippen molar-refractivity contribution >= 4 is 6.09 Å². The summed E-state index contributed by atoms with van der Waals surface area (Å²) in [6.45, 7) is 7.74. The summed E-state index contributed by atoms with van der Waals surface area (Å²) in [5.74, 6) is 0.653. The summed E-state index contributed by atoms with van der Waals surface area (Å²) < 4.78 is 16.8.